The van der Waals surface area contributed by atoms with Crippen LogP contribution in [0, 0.1) is 5.92 Å². The van der Waals surface area contributed by atoms with Crippen molar-refractivity contribution in [2.24, 2.45) is 16.6 Å². The standard InChI is InChI=1S/C21H24F3N5/c22-21(23,24)16-7-8-18(29-11-3-4-14(12-25)13-29)28-20(16)19-15-5-1-9-26-17(15)6-2-10-27-19/h1,5,7-9,14H,2-4,6,10-13,25H2. The predicted octanol–water partition coefficient (Wildman–Crippen LogP) is 3.45. The third-order valence-electron chi connectivity index (χ3n) is 5.57. The summed E-state index contributed by atoms with van der Waals surface area (Å²) in [5.74, 6) is 0.875. The van der Waals surface area contributed by atoms with Crippen LogP contribution in [0.3, 0.4) is 0 Å². The van der Waals surface area contributed by atoms with Crippen LogP contribution in [0.15, 0.2) is 35.5 Å². The van der Waals surface area contributed by atoms with Crippen molar-refractivity contribution in [3.8, 4) is 0 Å². The number of pyridine rings is 2. The van der Waals surface area contributed by atoms with Crippen LogP contribution in [0.1, 0.15) is 41.8 Å². The van der Waals surface area contributed by atoms with Crippen LogP contribution in [0.2, 0.25) is 0 Å². The van der Waals surface area contributed by atoms with Gasteiger partial charge in [-0.1, -0.05) is 0 Å². The molecule has 1 fully saturated rings. The Hall–Kier alpha value is -2.48. The summed E-state index contributed by atoms with van der Waals surface area (Å²) < 4.78 is 41.5. The fraction of sp³-hybridized carbons (Fsp3) is 0.476. The van der Waals surface area contributed by atoms with Crippen molar-refractivity contribution in [3.63, 3.8) is 0 Å². The minimum absolute atomic E-state index is 0.110. The highest BCUT2D eigenvalue weighted by Gasteiger charge is 2.37. The van der Waals surface area contributed by atoms with Gasteiger partial charge in [-0.05, 0) is 62.4 Å². The number of anilines is 1. The molecule has 2 aromatic heterocycles. The van der Waals surface area contributed by atoms with E-state index in [2.05, 4.69) is 15.0 Å². The quantitative estimate of drug-likeness (QED) is 0.852. The van der Waals surface area contributed by atoms with E-state index in [-0.39, 0.29) is 11.4 Å². The van der Waals surface area contributed by atoms with Gasteiger partial charge in [-0.15, -0.1) is 0 Å². The van der Waals surface area contributed by atoms with Crippen molar-refractivity contribution in [2.45, 2.75) is 31.9 Å². The monoisotopic (exact) mass is 403 g/mol. The SMILES string of the molecule is NCC1CCCN(c2ccc(C(F)(F)F)c(C3=NCCCc4ncccc43)n2)C1. The normalized spacial score (nSPS) is 20.1. The van der Waals surface area contributed by atoms with E-state index in [0.29, 0.717) is 43.4 Å². The number of fused-ring (bicyclic) bond motifs is 1. The lowest BCUT2D eigenvalue weighted by Gasteiger charge is -2.33. The number of aromatic nitrogens is 2. The van der Waals surface area contributed by atoms with Crippen LogP contribution in [0.4, 0.5) is 19.0 Å². The van der Waals surface area contributed by atoms with E-state index in [4.69, 9.17) is 5.73 Å². The van der Waals surface area contributed by atoms with Gasteiger partial charge < -0.3 is 10.6 Å². The zero-order valence-electron chi connectivity index (χ0n) is 16.1. The van der Waals surface area contributed by atoms with E-state index < -0.39 is 11.7 Å². The van der Waals surface area contributed by atoms with Crippen LogP contribution < -0.4 is 10.6 Å². The topological polar surface area (TPSA) is 67.4 Å². The molecule has 8 heteroatoms. The van der Waals surface area contributed by atoms with Crippen molar-refractivity contribution >= 4 is 11.5 Å². The molecular formula is C21H24F3N5. The summed E-state index contributed by atoms with van der Waals surface area (Å²) in [6.07, 6.45) is 0.573. The Morgan fingerprint density at radius 1 is 1.17 bits per heavy atom. The van der Waals surface area contributed by atoms with Crippen LogP contribution in [0.5, 0.6) is 0 Å². The molecule has 0 radical (unpaired) electrons. The van der Waals surface area contributed by atoms with Gasteiger partial charge in [0.15, 0.2) is 0 Å². The van der Waals surface area contributed by atoms with Gasteiger partial charge in [0.2, 0.25) is 0 Å². The molecule has 4 heterocycles. The van der Waals surface area contributed by atoms with E-state index in [0.717, 1.165) is 37.6 Å². The number of rotatable bonds is 3. The molecule has 1 unspecified atom stereocenters. The number of hydrogen-bond donors (Lipinski definition) is 1. The molecule has 0 spiro atoms. The highest BCUT2D eigenvalue weighted by atomic mass is 19.4. The molecule has 2 aromatic rings. The molecule has 2 aliphatic heterocycles. The predicted molar refractivity (Wildman–Crippen MR) is 106 cm³/mol. The second-order valence-electron chi connectivity index (χ2n) is 7.58. The first-order valence-corrected chi connectivity index (χ1v) is 9.99. The number of hydrogen-bond acceptors (Lipinski definition) is 5. The summed E-state index contributed by atoms with van der Waals surface area (Å²) in [6.45, 7) is 2.49. The lowest BCUT2D eigenvalue weighted by molar-refractivity contribution is -0.137. The number of alkyl halides is 3. The van der Waals surface area contributed by atoms with Gasteiger partial charge in [0.25, 0.3) is 0 Å². The van der Waals surface area contributed by atoms with Gasteiger partial charge in [0.1, 0.15) is 11.5 Å². The first-order chi connectivity index (χ1) is 14.0. The maximum Gasteiger partial charge on any atom is 0.418 e. The number of halogens is 3. The lowest BCUT2D eigenvalue weighted by atomic mass is 9.97. The first kappa shape index (κ1) is 19.8. The maximum absolute atomic E-state index is 13.8. The molecule has 0 saturated carbocycles. The molecule has 5 nitrogen and oxygen atoms in total. The summed E-state index contributed by atoms with van der Waals surface area (Å²) in [4.78, 5) is 15.4. The van der Waals surface area contributed by atoms with Crippen LogP contribution in [-0.4, -0.2) is 41.9 Å². The van der Waals surface area contributed by atoms with Gasteiger partial charge in [0.05, 0.1) is 11.3 Å². The fourth-order valence-electron chi connectivity index (χ4n) is 4.08. The summed E-state index contributed by atoms with van der Waals surface area (Å²) in [6, 6.07) is 6.11. The highest BCUT2D eigenvalue weighted by Crippen LogP contribution is 2.35. The van der Waals surface area contributed by atoms with Gasteiger partial charge in [-0.25, -0.2) is 4.98 Å². The zero-order chi connectivity index (χ0) is 20.4. The summed E-state index contributed by atoms with van der Waals surface area (Å²) in [7, 11) is 0. The van der Waals surface area contributed by atoms with Crippen molar-refractivity contribution in [3.05, 3.63) is 53.0 Å². The second kappa shape index (κ2) is 8.10. The van der Waals surface area contributed by atoms with E-state index in [9.17, 15) is 13.2 Å². The fourth-order valence-corrected chi connectivity index (χ4v) is 4.08. The Labute approximate surface area is 167 Å². The largest absolute Gasteiger partial charge is 0.418 e. The molecule has 2 aliphatic rings. The first-order valence-electron chi connectivity index (χ1n) is 9.99. The Morgan fingerprint density at radius 2 is 2.03 bits per heavy atom. The average Bonchev–Trinajstić information content (AvgIpc) is 2.95. The van der Waals surface area contributed by atoms with E-state index >= 15 is 0 Å². The van der Waals surface area contributed by atoms with Gasteiger partial charge in [-0.2, -0.15) is 13.2 Å². The van der Waals surface area contributed by atoms with E-state index in [1.807, 2.05) is 4.90 Å². The van der Waals surface area contributed by atoms with Gasteiger partial charge in [-0.3, -0.25) is 9.98 Å². The maximum atomic E-state index is 13.8. The smallest absolute Gasteiger partial charge is 0.356 e. The Morgan fingerprint density at radius 3 is 2.83 bits per heavy atom. The molecule has 0 aromatic carbocycles. The van der Waals surface area contributed by atoms with Crippen molar-refractivity contribution in [1.29, 1.82) is 0 Å². The van der Waals surface area contributed by atoms with Crippen LogP contribution in [-0.2, 0) is 12.6 Å². The van der Waals surface area contributed by atoms with Crippen LogP contribution in [0.25, 0.3) is 0 Å². The molecule has 0 aliphatic carbocycles. The molecular weight excluding hydrogens is 379 g/mol. The second-order valence-corrected chi connectivity index (χ2v) is 7.58. The third-order valence-corrected chi connectivity index (χ3v) is 5.57. The Bertz CT molecular complexity index is 909. The molecule has 154 valence electrons. The molecule has 29 heavy (non-hydrogen) atoms. The minimum Gasteiger partial charge on any atom is -0.356 e. The number of nitrogens with zero attached hydrogens (tertiary/aromatic N) is 4. The molecule has 4 rings (SSSR count). The zero-order valence-corrected chi connectivity index (χ0v) is 16.1. The van der Waals surface area contributed by atoms with Gasteiger partial charge in [0, 0.05) is 37.1 Å². The third kappa shape index (κ3) is 4.12. The Balaban J connectivity index is 1.82. The minimum atomic E-state index is -4.51. The molecule has 2 N–H and O–H groups in total. The van der Waals surface area contributed by atoms with Crippen molar-refractivity contribution in [1.82, 2.24) is 9.97 Å². The van der Waals surface area contributed by atoms with Gasteiger partial charge >= 0.3 is 6.18 Å². The van der Waals surface area contributed by atoms with E-state index in [1.165, 1.54) is 6.07 Å². The summed E-state index contributed by atoms with van der Waals surface area (Å²) in [5.41, 5.74) is 6.64. The van der Waals surface area contributed by atoms with E-state index in [1.54, 1.807) is 18.3 Å². The Kier molecular flexibility index (Phi) is 5.54. The molecule has 1 atom stereocenters. The average molecular weight is 403 g/mol. The number of nitrogens with two attached hydrogens (primary N) is 1. The highest BCUT2D eigenvalue weighted by molar-refractivity contribution is 6.13. The van der Waals surface area contributed by atoms with Crippen molar-refractivity contribution in [2.75, 3.05) is 31.1 Å². The molecule has 0 amide bonds. The number of aryl methyl sites for hydroxylation is 1. The van der Waals surface area contributed by atoms with Crippen LogP contribution >= 0.6 is 0 Å². The molecule has 1 saturated heterocycles. The molecule has 0 bridgehead atoms. The lowest BCUT2D eigenvalue weighted by Crippen LogP contribution is -2.39. The summed E-state index contributed by atoms with van der Waals surface area (Å²) in [5, 5.41) is 0. The number of aliphatic imine (C=N–C) groups is 1. The van der Waals surface area contributed by atoms with Crippen molar-refractivity contribution < 1.29 is 13.2 Å². The number of piperidine rings is 1. The summed E-state index contributed by atoms with van der Waals surface area (Å²) >= 11 is 0.